The molecule has 1 amide bonds. The summed E-state index contributed by atoms with van der Waals surface area (Å²) in [5, 5.41) is 13.0. The molecule has 2 fully saturated rings. The maximum absolute atomic E-state index is 11.6. The lowest BCUT2D eigenvalue weighted by Gasteiger charge is -2.32. The average molecular weight is 446 g/mol. The summed E-state index contributed by atoms with van der Waals surface area (Å²) in [6, 6.07) is 8.64. The van der Waals surface area contributed by atoms with Crippen molar-refractivity contribution >= 4 is 22.6 Å². The minimum absolute atomic E-state index is 0.0927. The van der Waals surface area contributed by atoms with E-state index in [-0.39, 0.29) is 17.9 Å². The normalized spacial score (nSPS) is 24.4. The second-order valence-corrected chi connectivity index (χ2v) is 9.09. The van der Waals surface area contributed by atoms with E-state index >= 15 is 0 Å². The Labute approximate surface area is 192 Å². The molecule has 0 aromatic carbocycles. The molecule has 3 aromatic heterocycles. The standard InChI is InChI=1S/C25H27N5O3/c1-15-6-21(29-23(7-15)25(32-3)4-5-33-14-25)20-13-30(18-8-17(9-18)11-26)22-12-27-24(10-19(20)22)28-16(2)31/h6-7,10,12-13,17-18H,4-5,8-9,14H2,1-3H3,(H,27,28,31)/t17-,18-,25-/m0/s1. The second-order valence-electron chi connectivity index (χ2n) is 9.09. The molecule has 1 N–H and O–H groups in total. The van der Waals surface area contributed by atoms with E-state index in [9.17, 15) is 10.1 Å². The molecular weight excluding hydrogens is 418 g/mol. The number of nitrogens with zero attached hydrogens (tertiary/aromatic N) is 4. The van der Waals surface area contributed by atoms with Crippen molar-refractivity contribution in [3.8, 4) is 17.3 Å². The molecule has 1 aliphatic carbocycles. The Morgan fingerprint density at radius 2 is 2.18 bits per heavy atom. The Balaban J connectivity index is 1.65. The van der Waals surface area contributed by atoms with Crippen LogP contribution in [0.1, 0.15) is 43.5 Å². The van der Waals surface area contributed by atoms with Gasteiger partial charge in [-0.2, -0.15) is 5.26 Å². The van der Waals surface area contributed by atoms with E-state index in [0.29, 0.717) is 19.0 Å². The molecule has 2 aliphatic rings. The quantitative estimate of drug-likeness (QED) is 0.634. The monoisotopic (exact) mass is 445 g/mol. The van der Waals surface area contributed by atoms with Crippen LogP contribution in [0.2, 0.25) is 0 Å². The van der Waals surface area contributed by atoms with E-state index in [4.69, 9.17) is 14.5 Å². The number of aryl methyl sites for hydroxylation is 1. The molecule has 1 saturated heterocycles. The number of methoxy groups -OCH3 is 1. The lowest BCUT2D eigenvalue weighted by Crippen LogP contribution is -2.30. The summed E-state index contributed by atoms with van der Waals surface area (Å²) < 4.78 is 13.7. The molecule has 33 heavy (non-hydrogen) atoms. The first-order chi connectivity index (χ1) is 15.9. The molecule has 1 saturated carbocycles. The Hall–Kier alpha value is -3.28. The van der Waals surface area contributed by atoms with Crippen molar-refractivity contribution in [2.24, 2.45) is 5.92 Å². The largest absolute Gasteiger partial charge is 0.378 e. The van der Waals surface area contributed by atoms with Crippen LogP contribution in [-0.4, -0.2) is 40.8 Å². The van der Waals surface area contributed by atoms with Crippen LogP contribution >= 0.6 is 0 Å². The van der Waals surface area contributed by atoms with Gasteiger partial charge in [0, 0.05) is 50.2 Å². The number of rotatable bonds is 5. The van der Waals surface area contributed by atoms with E-state index in [2.05, 4.69) is 46.2 Å². The summed E-state index contributed by atoms with van der Waals surface area (Å²) in [7, 11) is 1.71. The first-order valence-corrected chi connectivity index (χ1v) is 11.2. The molecule has 5 rings (SSSR count). The highest BCUT2D eigenvalue weighted by atomic mass is 16.5. The second kappa shape index (κ2) is 8.25. The first kappa shape index (κ1) is 21.6. The number of pyridine rings is 2. The third kappa shape index (κ3) is 3.77. The molecule has 0 radical (unpaired) electrons. The zero-order valence-electron chi connectivity index (χ0n) is 19.1. The maximum Gasteiger partial charge on any atom is 0.222 e. The summed E-state index contributed by atoms with van der Waals surface area (Å²) >= 11 is 0. The topological polar surface area (TPSA) is 102 Å². The number of hydrogen-bond donors (Lipinski definition) is 1. The van der Waals surface area contributed by atoms with Gasteiger partial charge < -0.3 is 19.4 Å². The van der Waals surface area contributed by atoms with Crippen molar-refractivity contribution in [3.05, 3.63) is 41.9 Å². The number of hydrogen-bond acceptors (Lipinski definition) is 6. The van der Waals surface area contributed by atoms with Gasteiger partial charge in [-0.1, -0.05) is 0 Å². The Morgan fingerprint density at radius 1 is 1.36 bits per heavy atom. The summed E-state index contributed by atoms with van der Waals surface area (Å²) in [5.41, 5.74) is 4.18. The van der Waals surface area contributed by atoms with E-state index < -0.39 is 5.60 Å². The van der Waals surface area contributed by atoms with Crippen LogP contribution in [0.15, 0.2) is 30.6 Å². The number of amides is 1. The highest BCUT2D eigenvalue weighted by Gasteiger charge is 2.39. The SMILES string of the molecule is CO[C@@]1(c2cc(C)cc(-c3cn([C@H]4C[C@H](C#N)C4)c4cnc(NC(C)=O)cc34)n2)CCOC1. The smallest absolute Gasteiger partial charge is 0.222 e. The maximum atomic E-state index is 11.6. The van der Waals surface area contributed by atoms with Crippen LogP contribution < -0.4 is 5.32 Å². The van der Waals surface area contributed by atoms with Crippen LogP contribution in [-0.2, 0) is 19.9 Å². The fourth-order valence-corrected chi connectivity index (χ4v) is 4.88. The molecule has 0 bridgehead atoms. The minimum atomic E-state index is -0.546. The van der Waals surface area contributed by atoms with Crippen molar-refractivity contribution < 1.29 is 14.3 Å². The highest BCUT2D eigenvalue weighted by molar-refractivity contribution is 5.98. The van der Waals surface area contributed by atoms with Gasteiger partial charge in [0.05, 0.1) is 41.7 Å². The van der Waals surface area contributed by atoms with E-state index in [0.717, 1.165) is 52.7 Å². The third-order valence-electron chi connectivity index (χ3n) is 6.80. The Morgan fingerprint density at radius 3 is 2.85 bits per heavy atom. The summed E-state index contributed by atoms with van der Waals surface area (Å²) in [5.74, 6) is 0.427. The number of aromatic nitrogens is 3. The fraction of sp³-hybridized carbons (Fsp3) is 0.440. The summed E-state index contributed by atoms with van der Waals surface area (Å²) in [6.07, 6.45) is 6.31. The third-order valence-corrected chi connectivity index (χ3v) is 6.80. The van der Waals surface area contributed by atoms with E-state index in [1.165, 1.54) is 6.92 Å². The fourth-order valence-electron chi connectivity index (χ4n) is 4.88. The molecule has 0 unspecified atom stereocenters. The number of nitrogens with one attached hydrogen (secondary N) is 1. The summed E-state index contributed by atoms with van der Waals surface area (Å²) in [6.45, 7) is 4.65. The highest BCUT2D eigenvalue weighted by Crippen LogP contribution is 2.43. The molecule has 3 aromatic rings. The predicted molar refractivity (Wildman–Crippen MR) is 124 cm³/mol. The number of nitriles is 1. The lowest BCUT2D eigenvalue weighted by molar-refractivity contribution is -0.114. The van der Waals surface area contributed by atoms with Gasteiger partial charge in [-0.15, -0.1) is 0 Å². The zero-order valence-corrected chi connectivity index (χ0v) is 19.1. The van der Waals surface area contributed by atoms with Crippen LogP contribution in [0, 0.1) is 24.2 Å². The van der Waals surface area contributed by atoms with Crippen molar-refractivity contribution in [1.29, 1.82) is 5.26 Å². The molecule has 1 atom stereocenters. The Kier molecular flexibility index (Phi) is 5.39. The number of ether oxygens (including phenoxy) is 2. The van der Waals surface area contributed by atoms with E-state index in [1.807, 2.05) is 6.07 Å². The van der Waals surface area contributed by atoms with Crippen LogP contribution in [0.3, 0.4) is 0 Å². The first-order valence-electron chi connectivity index (χ1n) is 11.2. The molecule has 8 nitrogen and oxygen atoms in total. The molecule has 170 valence electrons. The van der Waals surface area contributed by atoms with E-state index in [1.54, 1.807) is 13.3 Å². The van der Waals surface area contributed by atoms with Gasteiger partial charge in [-0.25, -0.2) is 9.97 Å². The average Bonchev–Trinajstić information content (AvgIpc) is 3.38. The van der Waals surface area contributed by atoms with Gasteiger partial charge in [0.15, 0.2) is 0 Å². The van der Waals surface area contributed by atoms with Gasteiger partial charge in [-0.05, 0) is 43.5 Å². The van der Waals surface area contributed by atoms with Gasteiger partial charge in [-0.3, -0.25) is 4.79 Å². The van der Waals surface area contributed by atoms with Crippen molar-refractivity contribution in [2.75, 3.05) is 25.6 Å². The van der Waals surface area contributed by atoms with Crippen molar-refractivity contribution in [3.63, 3.8) is 0 Å². The van der Waals surface area contributed by atoms with Gasteiger partial charge in [0.2, 0.25) is 5.91 Å². The van der Waals surface area contributed by atoms with Crippen LogP contribution in [0.5, 0.6) is 0 Å². The number of fused-ring (bicyclic) bond motifs is 1. The number of carbonyl (C=O) groups excluding carboxylic acids is 1. The Bertz CT molecular complexity index is 1260. The molecule has 1 aliphatic heterocycles. The van der Waals surface area contributed by atoms with Gasteiger partial charge in [0.25, 0.3) is 0 Å². The molecule has 8 heteroatoms. The number of anilines is 1. The van der Waals surface area contributed by atoms with Crippen LogP contribution in [0.4, 0.5) is 5.82 Å². The number of carbonyl (C=O) groups is 1. The van der Waals surface area contributed by atoms with Crippen molar-refractivity contribution in [1.82, 2.24) is 14.5 Å². The van der Waals surface area contributed by atoms with Crippen LogP contribution in [0.25, 0.3) is 22.2 Å². The van der Waals surface area contributed by atoms with Gasteiger partial charge >= 0.3 is 0 Å². The zero-order chi connectivity index (χ0) is 23.2. The lowest BCUT2D eigenvalue weighted by atomic mass is 9.81. The van der Waals surface area contributed by atoms with Crippen molar-refractivity contribution in [2.45, 2.75) is 44.8 Å². The van der Waals surface area contributed by atoms with Gasteiger partial charge in [0.1, 0.15) is 11.4 Å². The summed E-state index contributed by atoms with van der Waals surface area (Å²) in [4.78, 5) is 21.1. The molecule has 0 spiro atoms. The minimum Gasteiger partial charge on any atom is -0.378 e. The molecule has 4 heterocycles. The predicted octanol–water partition coefficient (Wildman–Crippen LogP) is 4.10. The molecular formula is C25H27N5O3.